The van der Waals surface area contributed by atoms with E-state index in [0.29, 0.717) is 18.4 Å². The Kier molecular flexibility index (Phi) is 7.44. The Morgan fingerprint density at radius 2 is 1.97 bits per heavy atom. The van der Waals surface area contributed by atoms with Crippen LogP contribution in [-0.2, 0) is 11.3 Å². The molecule has 3 aliphatic heterocycles. The van der Waals surface area contributed by atoms with Crippen LogP contribution in [0.25, 0.3) is 0 Å². The van der Waals surface area contributed by atoms with Crippen LogP contribution in [0.1, 0.15) is 31.7 Å². The molecule has 0 aromatic heterocycles. The monoisotopic (exact) mass is 433 g/mol. The fourth-order valence-electron chi connectivity index (χ4n) is 4.83. The molecule has 0 spiro atoms. The van der Waals surface area contributed by atoms with Gasteiger partial charge in [0.05, 0.1) is 7.11 Å². The Bertz CT molecular complexity index is 718. The third-order valence-corrected chi connectivity index (χ3v) is 7.48. The van der Waals surface area contributed by atoms with Crippen molar-refractivity contribution in [3.63, 3.8) is 0 Å². The molecule has 0 unspecified atom stereocenters. The van der Waals surface area contributed by atoms with Crippen molar-refractivity contribution in [1.82, 2.24) is 14.7 Å². The lowest BCUT2D eigenvalue weighted by Gasteiger charge is -2.40. The minimum Gasteiger partial charge on any atom is -0.497 e. The smallest absolute Gasteiger partial charge is 0.223 e. The first-order chi connectivity index (χ1) is 14.6. The molecule has 7 heteroatoms. The van der Waals surface area contributed by atoms with Crippen molar-refractivity contribution in [2.24, 2.45) is 0 Å². The van der Waals surface area contributed by atoms with Crippen molar-refractivity contribution in [1.29, 1.82) is 0 Å². The number of hydrogen-bond acceptors (Lipinski definition) is 6. The predicted octanol–water partition coefficient (Wildman–Crippen LogP) is 2.71. The zero-order valence-electron chi connectivity index (χ0n) is 18.3. The molecule has 2 saturated heterocycles. The van der Waals surface area contributed by atoms with Crippen molar-refractivity contribution in [2.75, 3.05) is 57.9 Å². The Balaban J connectivity index is 1.26. The highest BCUT2D eigenvalue weighted by molar-refractivity contribution is 7.99. The first kappa shape index (κ1) is 21.8. The molecular formula is C23H35N3O3S. The minimum atomic E-state index is 0.0897. The van der Waals surface area contributed by atoms with Crippen LogP contribution in [0.4, 0.5) is 0 Å². The topological polar surface area (TPSA) is 45.3 Å². The SMILES string of the molecule is COc1ccc2c(c1)O[C@H](C)CN(CCC(=O)N1CCC(N3CCSCC3)CC1)C2. The molecule has 0 saturated carbocycles. The van der Waals surface area contributed by atoms with Crippen LogP contribution in [0.5, 0.6) is 11.5 Å². The Hall–Kier alpha value is -1.44. The van der Waals surface area contributed by atoms with Gasteiger partial charge >= 0.3 is 0 Å². The van der Waals surface area contributed by atoms with E-state index in [-0.39, 0.29) is 6.10 Å². The number of benzene rings is 1. The van der Waals surface area contributed by atoms with Crippen LogP contribution in [0.15, 0.2) is 18.2 Å². The number of likely N-dealkylation sites (tertiary alicyclic amines) is 1. The number of amides is 1. The molecule has 0 N–H and O–H groups in total. The van der Waals surface area contributed by atoms with Crippen LogP contribution in [0.3, 0.4) is 0 Å². The molecule has 1 atom stereocenters. The average Bonchev–Trinajstić information content (AvgIpc) is 2.95. The second-order valence-electron chi connectivity index (χ2n) is 8.65. The van der Waals surface area contributed by atoms with E-state index in [2.05, 4.69) is 39.5 Å². The number of hydrogen-bond donors (Lipinski definition) is 0. The molecule has 0 radical (unpaired) electrons. The normalized spacial score (nSPS) is 24.1. The van der Waals surface area contributed by atoms with Crippen LogP contribution in [-0.4, -0.2) is 90.6 Å². The number of thioether (sulfide) groups is 1. The molecule has 6 nitrogen and oxygen atoms in total. The van der Waals surface area contributed by atoms with Crippen LogP contribution in [0.2, 0.25) is 0 Å². The molecule has 2 fully saturated rings. The lowest BCUT2D eigenvalue weighted by molar-refractivity contribution is -0.133. The van der Waals surface area contributed by atoms with Gasteiger partial charge in [-0.05, 0) is 25.8 Å². The summed E-state index contributed by atoms with van der Waals surface area (Å²) in [5.41, 5.74) is 1.16. The summed E-state index contributed by atoms with van der Waals surface area (Å²) >= 11 is 2.06. The number of rotatable bonds is 5. The van der Waals surface area contributed by atoms with Gasteiger partial charge < -0.3 is 14.4 Å². The number of carbonyl (C=O) groups excluding carboxylic acids is 1. The number of methoxy groups -OCH3 is 1. The maximum absolute atomic E-state index is 12.9. The van der Waals surface area contributed by atoms with Gasteiger partial charge in [0.1, 0.15) is 17.6 Å². The Morgan fingerprint density at radius 1 is 1.20 bits per heavy atom. The number of fused-ring (bicyclic) bond motifs is 1. The Labute approximate surface area is 184 Å². The summed E-state index contributed by atoms with van der Waals surface area (Å²) in [6, 6.07) is 6.69. The quantitative estimate of drug-likeness (QED) is 0.712. The largest absolute Gasteiger partial charge is 0.497 e. The molecule has 3 aliphatic rings. The van der Waals surface area contributed by atoms with Crippen molar-refractivity contribution in [2.45, 2.75) is 44.9 Å². The van der Waals surface area contributed by atoms with Crippen molar-refractivity contribution >= 4 is 17.7 Å². The summed E-state index contributed by atoms with van der Waals surface area (Å²) in [4.78, 5) is 19.9. The fraction of sp³-hybridized carbons (Fsp3) is 0.696. The standard InChI is InChI=1S/C23H35N3O3S/c1-18-16-24(17-19-3-4-21(28-2)15-22(19)29-18)8-7-23(27)26-9-5-20(6-10-26)25-11-13-30-14-12-25/h3-4,15,18,20H,5-14,16-17H2,1-2H3/t18-/m1/s1. The van der Waals surface area contributed by atoms with Crippen molar-refractivity contribution in [3.8, 4) is 11.5 Å². The summed E-state index contributed by atoms with van der Waals surface area (Å²) in [6.45, 7) is 8.77. The first-order valence-corrected chi connectivity index (χ1v) is 12.4. The van der Waals surface area contributed by atoms with E-state index in [1.54, 1.807) is 7.11 Å². The number of nitrogens with zero attached hydrogens (tertiary/aromatic N) is 3. The lowest BCUT2D eigenvalue weighted by Crippen LogP contribution is -2.49. The summed E-state index contributed by atoms with van der Waals surface area (Å²) in [7, 11) is 1.67. The van der Waals surface area contributed by atoms with Crippen molar-refractivity contribution in [3.05, 3.63) is 23.8 Å². The third-order valence-electron chi connectivity index (χ3n) is 6.53. The number of piperidine rings is 1. The van der Waals surface area contributed by atoms with Gasteiger partial charge in [0.2, 0.25) is 5.91 Å². The predicted molar refractivity (Wildman–Crippen MR) is 121 cm³/mol. The number of carbonyl (C=O) groups is 1. The van der Waals surface area contributed by atoms with Crippen LogP contribution < -0.4 is 9.47 Å². The van der Waals surface area contributed by atoms with E-state index >= 15 is 0 Å². The second-order valence-corrected chi connectivity index (χ2v) is 9.87. The molecule has 0 aliphatic carbocycles. The zero-order valence-corrected chi connectivity index (χ0v) is 19.2. The highest BCUT2D eigenvalue weighted by atomic mass is 32.2. The van der Waals surface area contributed by atoms with Gasteiger partial charge in [-0.15, -0.1) is 0 Å². The van der Waals surface area contributed by atoms with Crippen molar-refractivity contribution < 1.29 is 14.3 Å². The molecule has 3 heterocycles. The summed E-state index contributed by atoms with van der Waals surface area (Å²) in [5, 5.41) is 0. The molecular weight excluding hydrogens is 398 g/mol. The van der Waals surface area contributed by atoms with E-state index in [1.165, 1.54) is 24.6 Å². The zero-order chi connectivity index (χ0) is 20.9. The van der Waals surface area contributed by atoms with E-state index < -0.39 is 0 Å². The van der Waals surface area contributed by atoms with Crippen LogP contribution >= 0.6 is 11.8 Å². The summed E-state index contributed by atoms with van der Waals surface area (Å²) in [5.74, 6) is 4.53. The minimum absolute atomic E-state index is 0.0897. The molecule has 4 rings (SSSR count). The van der Waals surface area contributed by atoms with Gasteiger partial charge in [-0.2, -0.15) is 11.8 Å². The summed E-state index contributed by atoms with van der Waals surface area (Å²) < 4.78 is 11.4. The molecule has 1 aromatic rings. The van der Waals surface area contributed by atoms with Gasteiger partial charge in [-0.3, -0.25) is 14.6 Å². The Morgan fingerprint density at radius 3 is 2.70 bits per heavy atom. The lowest BCUT2D eigenvalue weighted by atomic mass is 10.0. The van der Waals surface area contributed by atoms with E-state index in [1.807, 2.05) is 12.1 Å². The highest BCUT2D eigenvalue weighted by Crippen LogP contribution is 2.29. The van der Waals surface area contributed by atoms with E-state index in [0.717, 1.165) is 62.6 Å². The van der Waals surface area contributed by atoms with Crippen LogP contribution in [0, 0.1) is 0 Å². The molecule has 1 amide bonds. The molecule has 166 valence electrons. The molecule has 30 heavy (non-hydrogen) atoms. The van der Waals surface area contributed by atoms with Gasteiger partial charge in [-0.25, -0.2) is 0 Å². The third kappa shape index (κ3) is 5.42. The first-order valence-electron chi connectivity index (χ1n) is 11.3. The maximum Gasteiger partial charge on any atom is 0.223 e. The van der Waals surface area contributed by atoms with E-state index in [9.17, 15) is 4.79 Å². The van der Waals surface area contributed by atoms with Gasteiger partial charge in [0, 0.05) is 81.4 Å². The highest BCUT2D eigenvalue weighted by Gasteiger charge is 2.28. The van der Waals surface area contributed by atoms with Gasteiger partial charge in [0.25, 0.3) is 0 Å². The maximum atomic E-state index is 12.9. The second kappa shape index (κ2) is 10.2. The summed E-state index contributed by atoms with van der Waals surface area (Å²) in [6.07, 6.45) is 2.93. The number of ether oxygens (including phenoxy) is 2. The van der Waals surface area contributed by atoms with Gasteiger partial charge in [0.15, 0.2) is 0 Å². The van der Waals surface area contributed by atoms with Gasteiger partial charge in [-0.1, -0.05) is 6.07 Å². The molecule has 0 bridgehead atoms. The molecule has 1 aromatic carbocycles. The fourth-order valence-corrected chi connectivity index (χ4v) is 5.76. The van der Waals surface area contributed by atoms with E-state index in [4.69, 9.17) is 9.47 Å². The average molecular weight is 434 g/mol.